The van der Waals surface area contributed by atoms with E-state index in [1.54, 1.807) is 17.5 Å². The van der Waals surface area contributed by atoms with Gasteiger partial charge in [-0.05, 0) is 38.8 Å². The van der Waals surface area contributed by atoms with Crippen molar-refractivity contribution in [1.29, 1.82) is 0 Å². The quantitative estimate of drug-likeness (QED) is 0.870. The third-order valence-corrected chi connectivity index (χ3v) is 6.22. The maximum atomic E-state index is 13.0. The van der Waals surface area contributed by atoms with Gasteiger partial charge in [0.2, 0.25) is 0 Å². The van der Waals surface area contributed by atoms with Crippen molar-refractivity contribution in [2.45, 2.75) is 33.2 Å². The highest BCUT2D eigenvalue weighted by Crippen LogP contribution is 2.22. The number of aromatic nitrogens is 2. The number of amides is 1. The van der Waals surface area contributed by atoms with Gasteiger partial charge in [-0.1, -0.05) is 6.92 Å². The third kappa shape index (κ3) is 3.97. The molecule has 1 saturated heterocycles. The molecular formula is C16H22N4OS2. The smallest absolute Gasteiger partial charge is 0.265 e. The molecule has 124 valence electrons. The van der Waals surface area contributed by atoms with Crippen LogP contribution in [0.2, 0.25) is 0 Å². The highest BCUT2D eigenvalue weighted by molar-refractivity contribution is 7.13. The highest BCUT2D eigenvalue weighted by atomic mass is 32.1. The molecule has 1 amide bonds. The lowest BCUT2D eigenvalue weighted by Crippen LogP contribution is -2.35. The van der Waals surface area contributed by atoms with Crippen LogP contribution in [0, 0.1) is 12.8 Å². The Hall–Kier alpha value is -1.31. The Kier molecular flexibility index (Phi) is 5.40. The molecule has 3 rings (SSSR count). The Morgan fingerprint density at radius 2 is 2.35 bits per heavy atom. The van der Waals surface area contributed by atoms with Gasteiger partial charge in [0.25, 0.3) is 5.91 Å². The van der Waals surface area contributed by atoms with Crippen LogP contribution in [-0.2, 0) is 13.0 Å². The van der Waals surface area contributed by atoms with Crippen LogP contribution in [0.25, 0.3) is 0 Å². The van der Waals surface area contributed by atoms with Crippen molar-refractivity contribution in [2.75, 3.05) is 19.6 Å². The molecule has 0 spiro atoms. The minimum Gasteiger partial charge on any atom is -0.332 e. The van der Waals surface area contributed by atoms with Gasteiger partial charge in [0.1, 0.15) is 4.88 Å². The predicted molar refractivity (Wildman–Crippen MR) is 94.1 cm³/mol. The number of nitrogens with one attached hydrogen (secondary N) is 1. The SMILES string of the molecule is CCc1ncc(C(=O)N(Cc2scnc2C)C[C@H]2CCNC2)s1. The summed E-state index contributed by atoms with van der Waals surface area (Å²) in [5, 5.41) is 4.40. The fraction of sp³-hybridized carbons (Fsp3) is 0.562. The van der Waals surface area contributed by atoms with E-state index in [2.05, 4.69) is 22.2 Å². The molecule has 0 saturated carbocycles. The zero-order chi connectivity index (χ0) is 16.2. The minimum absolute atomic E-state index is 0.0990. The number of hydrogen-bond donors (Lipinski definition) is 1. The van der Waals surface area contributed by atoms with Crippen LogP contribution >= 0.6 is 22.7 Å². The molecule has 1 aliphatic rings. The lowest BCUT2D eigenvalue weighted by molar-refractivity contribution is 0.0725. The van der Waals surface area contributed by atoms with Crippen LogP contribution in [0.3, 0.4) is 0 Å². The molecule has 0 aromatic carbocycles. The molecule has 7 heteroatoms. The summed E-state index contributed by atoms with van der Waals surface area (Å²) in [7, 11) is 0. The zero-order valence-corrected chi connectivity index (χ0v) is 15.2. The number of hydrogen-bond acceptors (Lipinski definition) is 6. The molecule has 1 aliphatic heterocycles. The van der Waals surface area contributed by atoms with Crippen LogP contribution in [-0.4, -0.2) is 40.4 Å². The van der Waals surface area contributed by atoms with Gasteiger partial charge >= 0.3 is 0 Å². The van der Waals surface area contributed by atoms with Crippen molar-refractivity contribution >= 4 is 28.6 Å². The monoisotopic (exact) mass is 350 g/mol. The molecule has 0 unspecified atom stereocenters. The van der Waals surface area contributed by atoms with E-state index in [0.29, 0.717) is 12.5 Å². The molecule has 5 nitrogen and oxygen atoms in total. The third-order valence-electron chi connectivity index (χ3n) is 4.17. The summed E-state index contributed by atoms with van der Waals surface area (Å²) in [4.78, 5) is 25.5. The number of thiazole rings is 2. The van der Waals surface area contributed by atoms with Crippen molar-refractivity contribution in [2.24, 2.45) is 5.92 Å². The molecule has 2 aromatic heterocycles. The molecule has 23 heavy (non-hydrogen) atoms. The first kappa shape index (κ1) is 16.5. The van der Waals surface area contributed by atoms with Crippen molar-refractivity contribution < 1.29 is 4.79 Å². The molecule has 2 aromatic rings. The van der Waals surface area contributed by atoms with E-state index in [1.807, 2.05) is 17.3 Å². The van der Waals surface area contributed by atoms with E-state index in [4.69, 9.17) is 0 Å². The van der Waals surface area contributed by atoms with Crippen molar-refractivity contribution in [3.63, 3.8) is 0 Å². The molecule has 0 radical (unpaired) electrons. The number of carbonyl (C=O) groups excluding carboxylic acids is 1. The van der Waals surface area contributed by atoms with E-state index < -0.39 is 0 Å². The largest absolute Gasteiger partial charge is 0.332 e. The summed E-state index contributed by atoms with van der Waals surface area (Å²) < 4.78 is 0. The van der Waals surface area contributed by atoms with E-state index in [0.717, 1.165) is 48.1 Å². The summed E-state index contributed by atoms with van der Waals surface area (Å²) in [6.45, 7) is 7.55. The second-order valence-electron chi connectivity index (χ2n) is 5.88. The van der Waals surface area contributed by atoms with Gasteiger partial charge in [0, 0.05) is 11.4 Å². The molecular weight excluding hydrogens is 328 g/mol. The van der Waals surface area contributed by atoms with Crippen LogP contribution < -0.4 is 5.32 Å². The Morgan fingerprint density at radius 1 is 1.48 bits per heavy atom. The van der Waals surface area contributed by atoms with Gasteiger partial charge in [-0.2, -0.15) is 0 Å². The lowest BCUT2D eigenvalue weighted by Gasteiger charge is -2.24. The Bertz CT molecular complexity index is 661. The van der Waals surface area contributed by atoms with Crippen LogP contribution in [0.5, 0.6) is 0 Å². The molecule has 1 N–H and O–H groups in total. The molecule has 0 bridgehead atoms. The predicted octanol–water partition coefficient (Wildman–Crippen LogP) is 2.72. The minimum atomic E-state index is 0.0990. The maximum Gasteiger partial charge on any atom is 0.265 e. The fourth-order valence-corrected chi connectivity index (χ4v) is 4.40. The maximum absolute atomic E-state index is 13.0. The number of aryl methyl sites for hydroxylation is 2. The first-order valence-corrected chi connectivity index (χ1v) is 9.70. The van der Waals surface area contributed by atoms with Crippen molar-refractivity contribution in [3.05, 3.63) is 32.2 Å². The van der Waals surface area contributed by atoms with Gasteiger partial charge in [0.15, 0.2) is 0 Å². The summed E-state index contributed by atoms with van der Waals surface area (Å²) in [6.07, 6.45) is 3.73. The van der Waals surface area contributed by atoms with E-state index >= 15 is 0 Å². The van der Waals surface area contributed by atoms with Crippen molar-refractivity contribution in [3.8, 4) is 0 Å². The van der Waals surface area contributed by atoms with Gasteiger partial charge < -0.3 is 10.2 Å². The Labute approximate surface area is 144 Å². The van der Waals surface area contributed by atoms with Crippen LogP contribution in [0.1, 0.15) is 38.6 Å². The van der Waals surface area contributed by atoms with E-state index in [9.17, 15) is 4.79 Å². The molecule has 3 heterocycles. The number of nitrogens with zero attached hydrogens (tertiary/aromatic N) is 3. The average molecular weight is 351 g/mol. The lowest BCUT2D eigenvalue weighted by atomic mass is 10.1. The first-order valence-electron chi connectivity index (χ1n) is 8.01. The summed E-state index contributed by atoms with van der Waals surface area (Å²) in [6, 6.07) is 0. The number of rotatable bonds is 6. The topological polar surface area (TPSA) is 58.1 Å². The van der Waals surface area contributed by atoms with Crippen molar-refractivity contribution in [1.82, 2.24) is 20.2 Å². The molecule has 1 atom stereocenters. The standard InChI is InChI=1S/C16H22N4OS2/c1-3-15-18-7-13(23-15)16(21)20(8-12-4-5-17-6-12)9-14-11(2)19-10-22-14/h7,10,12,17H,3-6,8-9H2,1-2H3/t12-/m0/s1. The second kappa shape index (κ2) is 7.51. The summed E-state index contributed by atoms with van der Waals surface area (Å²) >= 11 is 3.14. The first-order chi connectivity index (χ1) is 11.2. The Morgan fingerprint density at radius 3 is 2.96 bits per heavy atom. The van der Waals surface area contributed by atoms with Gasteiger partial charge in [-0.15, -0.1) is 22.7 Å². The van der Waals surface area contributed by atoms with Crippen LogP contribution in [0.4, 0.5) is 0 Å². The second-order valence-corrected chi connectivity index (χ2v) is 7.93. The van der Waals surface area contributed by atoms with Crippen LogP contribution in [0.15, 0.2) is 11.7 Å². The summed E-state index contributed by atoms with van der Waals surface area (Å²) in [5.74, 6) is 0.632. The Balaban J connectivity index is 1.78. The normalized spacial score (nSPS) is 17.6. The van der Waals surface area contributed by atoms with Gasteiger partial charge in [-0.3, -0.25) is 4.79 Å². The van der Waals surface area contributed by atoms with E-state index in [1.165, 1.54) is 16.2 Å². The molecule has 0 aliphatic carbocycles. The fourth-order valence-electron chi connectivity index (χ4n) is 2.78. The average Bonchev–Trinajstić information content (AvgIpc) is 3.28. The summed E-state index contributed by atoms with van der Waals surface area (Å²) in [5.41, 5.74) is 2.88. The zero-order valence-electron chi connectivity index (χ0n) is 13.5. The van der Waals surface area contributed by atoms with Gasteiger partial charge in [0.05, 0.1) is 29.0 Å². The highest BCUT2D eigenvalue weighted by Gasteiger charge is 2.25. The number of carbonyl (C=O) groups is 1. The van der Waals surface area contributed by atoms with Gasteiger partial charge in [-0.25, -0.2) is 9.97 Å². The molecule has 1 fully saturated rings. The van der Waals surface area contributed by atoms with E-state index in [-0.39, 0.29) is 5.91 Å².